The summed E-state index contributed by atoms with van der Waals surface area (Å²) in [6.07, 6.45) is 0. The number of carbonyl (C=O) groups is 1. The van der Waals surface area contributed by atoms with Gasteiger partial charge in [0.2, 0.25) is 0 Å². The largest absolute Gasteiger partial charge is 0.476 e. The number of carboxylic acid groups (broad SMARTS) is 1. The van der Waals surface area contributed by atoms with E-state index in [-0.39, 0.29) is 16.5 Å². The van der Waals surface area contributed by atoms with Crippen LogP contribution in [-0.4, -0.2) is 52.2 Å². The van der Waals surface area contributed by atoms with E-state index in [2.05, 4.69) is 21.4 Å². The summed E-state index contributed by atoms with van der Waals surface area (Å²) in [6, 6.07) is 12.1. The van der Waals surface area contributed by atoms with Gasteiger partial charge in [-0.2, -0.15) is 5.26 Å². The molecule has 5 rings (SSSR count). The Morgan fingerprint density at radius 2 is 1.80 bits per heavy atom. The van der Waals surface area contributed by atoms with E-state index in [1.54, 1.807) is 6.07 Å². The quantitative estimate of drug-likeness (QED) is 0.300. The van der Waals surface area contributed by atoms with E-state index in [0.29, 0.717) is 54.4 Å². The second kappa shape index (κ2) is 10.9. The second-order valence-corrected chi connectivity index (χ2v) is 9.89. The third-order valence-corrected chi connectivity index (χ3v) is 6.97. The first-order chi connectivity index (χ1) is 19.1. The molecule has 0 radical (unpaired) electrons. The molecular weight excluding hydrogens is 540 g/mol. The number of pyridine rings is 1. The van der Waals surface area contributed by atoms with Gasteiger partial charge in [0.05, 0.1) is 28.5 Å². The number of halogens is 3. The first-order valence-electron chi connectivity index (χ1n) is 12.5. The Bertz CT molecular complexity index is 1670. The van der Waals surface area contributed by atoms with Gasteiger partial charge in [0.1, 0.15) is 22.9 Å². The van der Waals surface area contributed by atoms with Gasteiger partial charge in [-0.15, -0.1) is 0 Å². The van der Waals surface area contributed by atoms with Gasteiger partial charge in [0.25, 0.3) is 0 Å². The van der Waals surface area contributed by atoms with Gasteiger partial charge >= 0.3 is 5.97 Å². The van der Waals surface area contributed by atoms with Crippen LogP contribution >= 0.6 is 11.6 Å². The number of nitrogens with one attached hydrogen (secondary N) is 1. The van der Waals surface area contributed by atoms with Crippen molar-refractivity contribution in [2.75, 3.05) is 41.3 Å². The number of aromatic carboxylic acids is 1. The van der Waals surface area contributed by atoms with E-state index < -0.39 is 23.6 Å². The summed E-state index contributed by atoms with van der Waals surface area (Å²) in [5.41, 5.74) is 3.32. The molecule has 1 aliphatic heterocycles. The highest BCUT2D eigenvalue weighted by Crippen LogP contribution is 2.31. The van der Waals surface area contributed by atoms with E-state index in [0.717, 1.165) is 17.2 Å². The van der Waals surface area contributed by atoms with Crippen molar-refractivity contribution in [3.05, 3.63) is 81.8 Å². The predicted molar refractivity (Wildman–Crippen MR) is 148 cm³/mol. The van der Waals surface area contributed by atoms with Crippen molar-refractivity contribution in [2.45, 2.75) is 19.9 Å². The summed E-state index contributed by atoms with van der Waals surface area (Å²) in [5.74, 6) is -2.07. The summed E-state index contributed by atoms with van der Waals surface area (Å²) in [6.45, 7) is 5.53. The van der Waals surface area contributed by atoms with Crippen LogP contribution in [0.25, 0.3) is 11.0 Å². The van der Waals surface area contributed by atoms with Crippen molar-refractivity contribution < 1.29 is 18.7 Å². The molecule has 1 aliphatic rings. The van der Waals surface area contributed by atoms with Crippen LogP contribution in [0.4, 0.5) is 26.0 Å². The van der Waals surface area contributed by atoms with Crippen LogP contribution < -0.4 is 15.1 Å². The lowest BCUT2D eigenvalue weighted by molar-refractivity contribution is 0.0691. The highest BCUT2D eigenvalue weighted by molar-refractivity contribution is 6.29. The molecule has 0 amide bonds. The van der Waals surface area contributed by atoms with Crippen LogP contribution in [0.5, 0.6) is 0 Å². The Balaban J connectivity index is 1.47. The fraction of sp³-hybridized carbons (Fsp3) is 0.250. The molecular formula is C28H24ClF2N7O2. The van der Waals surface area contributed by atoms with Gasteiger partial charge in [-0.3, -0.25) is 0 Å². The number of nitriles is 1. The normalized spacial score (nSPS) is 14.2. The average Bonchev–Trinajstić information content (AvgIpc) is 2.93. The lowest BCUT2D eigenvalue weighted by atomic mass is 10.0. The Hall–Kier alpha value is -4.56. The average molecular weight is 564 g/mol. The Labute approximate surface area is 233 Å². The number of carboxylic acids is 1. The third-order valence-electron chi connectivity index (χ3n) is 6.76. The highest BCUT2D eigenvalue weighted by Gasteiger charge is 2.25. The minimum Gasteiger partial charge on any atom is -0.476 e. The Morgan fingerprint density at radius 3 is 2.48 bits per heavy atom. The number of anilines is 3. The third kappa shape index (κ3) is 5.31. The maximum atomic E-state index is 14.3. The van der Waals surface area contributed by atoms with Crippen LogP contribution in [0.1, 0.15) is 40.3 Å². The van der Waals surface area contributed by atoms with Gasteiger partial charge in [0, 0.05) is 37.8 Å². The number of piperazine rings is 1. The van der Waals surface area contributed by atoms with Crippen LogP contribution in [0.2, 0.25) is 5.15 Å². The Kier molecular flexibility index (Phi) is 7.36. The zero-order valence-electron chi connectivity index (χ0n) is 21.6. The predicted octanol–water partition coefficient (Wildman–Crippen LogP) is 5.33. The van der Waals surface area contributed by atoms with Gasteiger partial charge in [0.15, 0.2) is 17.2 Å². The first kappa shape index (κ1) is 27.0. The van der Waals surface area contributed by atoms with E-state index >= 15 is 0 Å². The number of aryl methyl sites for hydroxylation is 1. The van der Waals surface area contributed by atoms with Crippen LogP contribution in [-0.2, 0) is 0 Å². The van der Waals surface area contributed by atoms with Crippen LogP contribution in [0, 0.1) is 29.9 Å². The van der Waals surface area contributed by atoms with E-state index in [1.807, 2.05) is 35.8 Å². The molecule has 0 bridgehead atoms. The second-order valence-electron chi connectivity index (χ2n) is 9.50. The summed E-state index contributed by atoms with van der Waals surface area (Å²) >= 11 is 5.90. The molecule has 40 heavy (non-hydrogen) atoms. The molecule has 204 valence electrons. The highest BCUT2D eigenvalue weighted by atomic mass is 35.5. The number of rotatable bonds is 6. The molecule has 1 saturated heterocycles. The van der Waals surface area contributed by atoms with E-state index in [4.69, 9.17) is 16.6 Å². The van der Waals surface area contributed by atoms with E-state index in [9.17, 15) is 23.9 Å². The fourth-order valence-electron chi connectivity index (χ4n) is 4.87. The first-order valence-corrected chi connectivity index (χ1v) is 12.9. The lowest BCUT2D eigenvalue weighted by Gasteiger charge is -2.37. The molecule has 3 heterocycles. The zero-order valence-corrected chi connectivity index (χ0v) is 22.4. The summed E-state index contributed by atoms with van der Waals surface area (Å²) in [5, 5.41) is 22.7. The SMILES string of the molecule is Cc1cc([C@@H](C)Nc2ccc(Cl)nc2C(=O)O)c2nc(N3CCN(c4ccc(F)cc4F)CC3)c(C#N)nc2c1. The molecule has 1 fully saturated rings. The molecule has 12 heteroatoms. The van der Waals surface area contributed by atoms with Crippen molar-refractivity contribution in [1.82, 2.24) is 15.0 Å². The molecule has 0 saturated carbocycles. The number of aromatic nitrogens is 3. The molecule has 2 N–H and O–H groups in total. The molecule has 0 spiro atoms. The summed E-state index contributed by atoms with van der Waals surface area (Å²) in [4.78, 5) is 28.9. The van der Waals surface area contributed by atoms with Crippen LogP contribution in [0.3, 0.4) is 0 Å². The minimum absolute atomic E-state index is 0.0680. The maximum Gasteiger partial charge on any atom is 0.356 e. The van der Waals surface area contributed by atoms with Crippen LogP contribution in [0.15, 0.2) is 42.5 Å². The minimum atomic E-state index is -1.22. The van der Waals surface area contributed by atoms with Gasteiger partial charge in [-0.25, -0.2) is 28.5 Å². The molecule has 0 aliphatic carbocycles. The fourth-order valence-corrected chi connectivity index (χ4v) is 5.02. The van der Waals surface area contributed by atoms with Crippen molar-refractivity contribution >= 4 is 45.8 Å². The number of benzene rings is 2. The van der Waals surface area contributed by atoms with Crippen molar-refractivity contribution in [3.8, 4) is 6.07 Å². The monoisotopic (exact) mass is 563 g/mol. The topological polar surface area (TPSA) is 118 Å². The number of hydrogen-bond acceptors (Lipinski definition) is 8. The number of fused-ring (bicyclic) bond motifs is 1. The van der Waals surface area contributed by atoms with Gasteiger partial charge in [-0.05, 0) is 49.7 Å². The van der Waals surface area contributed by atoms with E-state index in [1.165, 1.54) is 18.2 Å². The maximum absolute atomic E-state index is 14.3. The molecule has 4 aromatic rings. The molecule has 0 unspecified atom stereocenters. The molecule has 2 aromatic carbocycles. The molecule has 2 aromatic heterocycles. The Morgan fingerprint density at radius 1 is 1.07 bits per heavy atom. The summed E-state index contributed by atoms with van der Waals surface area (Å²) in [7, 11) is 0. The zero-order chi connectivity index (χ0) is 28.6. The smallest absolute Gasteiger partial charge is 0.356 e. The standard InChI is InChI=1S/C28H24ClF2N7O2/c1-15-11-18(16(2)33-20-4-6-24(29)35-26(20)28(39)40)25-21(12-15)34-22(14-32)27(36-25)38-9-7-37(8-10-38)23-5-3-17(30)13-19(23)31/h3-6,11-13,16,33H,7-10H2,1-2H3,(H,39,40)/t16-/m1/s1. The number of hydrogen-bond donors (Lipinski definition) is 2. The molecule has 1 atom stereocenters. The van der Waals surface area contributed by atoms with Crippen molar-refractivity contribution in [3.63, 3.8) is 0 Å². The summed E-state index contributed by atoms with van der Waals surface area (Å²) < 4.78 is 27.7. The van der Waals surface area contributed by atoms with Gasteiger partial charge < -0.3 is 20.2 Å². The van der Waals surface area contributed by atoms with Crippen molar-refractivity contribution in [2.24, 2.45) is 0 Å². The number of nitrogens with zero attached hydrogens (tertiary/aromatic N) is 6. The molecule has 9 nitrogen and oxygen atoms in total. The lowest BCUT2D eigenvalue weighted by Crippen LogP contribution is -2.47. The van der Waals surface area contributed by atoms with Crippen molar-refractivity contribution in [1.29, 1.82) is 5.26 Å². The van der Waals surface area contributed by atoms with Gasteiger partial charge in [-0.1, -0.05) is 17.7 Å².